The van der Waals surface area contributed by atoms with Crippen LogP contribution in [-0.4, -0.2) is 26.1 Å². The maximum Gasteiger partial charge on any atom is 0.198 e. The molecule has 0 radical (unpaired) electrons. The van der Waals surface area contributed by atoms with Crippen molar-refractivity contribution in [1.82, 2.24) is 14.5 Å². The minimum absolute atomic E-state index is 0.144. The van der Waals surface area contributed by atoms with E-state index < -0.39 is 0 Å². The molecule has 0 saturated heterocycles. The van der Waals surface area contributed by atoms with Crippen LogP contribution in [0.25, 0.3) is 32.8 Å². The van der Waals surface area contributed by atoms with E-state index in [9.17, 15) is 9.59 Å². The van der Waals surface area contributed by atoms with Crippen LogP contribution in [-0.2, 0) is 0 Å². The number of hydrogen-bond donors (Lipinski definition) is 0. The van der Waals surface area contributed by atoms with Crippen molar-refractivity contribution in [2.75, 3.05) is 0 Å². The van der Waals surface area contributed by atoms with Crippen LogP contribution >= 0.6 is 11.3 Å². The van der Waals surface area contributed by atoms with Crippen LogP contribution in [0, 0.1) is 13.8 Å². The Labute approximate surface area is 200 Å². The first-order chi connectivity index (χ1) is 16.5. The SMILES string of the molecule is Cc1ccc(C)c2c1C(=O)C(=Cc1nc3sc(-c4ccccc4)nc3n1-c1ccccc1)C2=O. The molecule has 0 bridgehead atoms. The number of hydrogen-bond acceptors (Lipinski definition) is 5. The van der Waals surface area contributed by atoms with Crippen molar-refractivity contribution >= 4 is 39.5 Å². The van der Waals surface area contributed by atoms with E-state index in [1.807, 2.05) is 91.2 Å². The van der Waals surface area contributed by atoms with Gasteiger partial charge in [-0.15, -0.1) is 0 Å². The van der Waals surface area contributed by atoms with Gasteiger partial charge in [-0.2, -0.15) is 0 Å². The number of carbonyl (C=O) groups excluding carboxylic acids is 2. The predicted molar refractivity (Wildman–Crippen MR) is 135 cm³/mol. The van der Waals surface area contributed by atoms with E-state index >= 15 is 0 Å². The maximum atomic E-state index is 13.3. The molecule has 6 rings (SSSR count). The molecule has 0 spiro atoms. The summed E-state index contributed by atoms with van der Waals surface area (Å²) < 4.78 is 1.91. The van der Waals surface area contributed by atoms with E-state index in [0.29, 0.717) is 22.6 Å². The minimum Gasteiger partial charge on any atom is -0.288 e. The molecule has 2 aromatic heterocycles. The van der Waals surface area contributed by atoms with Crippen LogP contribution in [0.5, 0.6) is 0 Å². The number of aromatic nitrogens is 3. The lowest BCUT2D eigenvalue weighted by atomic mass is 9.99. The van der Waals surface area contributed by atoms with Gasteiger partial charge in [-0.1, -0.05) is 72.0 Å². The Hall–Kier alpha value is -4.16. The Morgan fingerprint density at radius 2 is 1.35 bits per heavy atom. The summed E-state index contributed by atoms with van der Waals surface area (Å²) in [6, 6.07) is 23.5. The van der Waals surface area contributed by atoms with E-state index in [1.54, 1.807) is 6.08 Å². The first kappa shape index (κ1) is 20.4. The zero-order valence-electron chi connectivity index (χ0n) is 18.6. The number of fused-ring (bicyclic) bond motifs is 2. The fourth-order valence-corrected chi connectivity index (χ4v) is 5.38. The fourth-order valence-electron chi connectivity index (χ4n) is 4.45. The molecule has 0 unspecified atom stereocenters. The normalized spacial score (nSPS) is 13.1. The van der Waals surface area contributed by atoms with Crippen molar-refractivity contribution in [2.45, 2.75) is 13.8 Å². The number of allylic oxidation sites excluding steroid dienone is 1. The highest BCUT2D eigenvalue weighted by Crippen LogP contribution is 2.35. The van der Waals surface area contributed by atoms with Crippen molar-refractivity contribution in [3.63, 3.8) is 0 Å². The molecule has 0 atom stereocenters. The van der Waals surface area contributed by atoms with Crippen LogP contribution in [0.1, 0.15) is 37.7 Å². The van der Waals surface area contributed by atoms with Crippen LogP contribution < -0.4 is 0 Å². The van der Waals surface area contributed by atoms with Crippen molar-refractivity contribution in [1.29, 1.82) is 0 Å². The summed E-state index contributed by atoms with van der Waals surface area (Å²) in [5, 5.41) is 0.869. The van der Waals surface area contributed by atoms with Gasteiger partial charge in [-0.05, 0) is 43.2 Å². The van der Waals surface area contributed by atoms with Gasteiger partial charge in [-0.25, -0.2) is 9.97 Å². The molecule has 6 heteroatoms. The second-order valence-corrected chi connectivity index (χ2v) is 9.30. The van der Waals surface area contributed by atoms with Crippen LogP contribution in [0.4, 0.5) is 0 Å². The first-order valence-corrected chi connectivity index (χ1v) is 11.8. The molecule has 0 aliphatic heterocycles. The van der Waals surface area contributed by atoms with Crippen LogP contribution in [0.2, 0.25) is 0 Å². The maximum absolute atomic E-state index is 13.3. The third kappa shape index (κ3) is 3.07. The highest BCUT2D eigenvalue weighted by molar-refractivity contribution is 7.21. The number of thiazole rings is 1. The number of imidazole rings is 1. The van der Waals surface area contributed by atoms with Gasteiger partial charge < -0.3 is 0 Å². The molecule has 0 N–H and O–H groups in total. The van der Waals surface area contributed by atoms with E-state index in [-0.39, 0.29) is 17.1 Å². The van der Waals surface area contributed by atoms with Gasteiger partial charge in [0.2, 0.25) is 0 Å². The minimum atomic E-state index is -0.245. The molecule has 1 aliphatic carbocycles. The van der Waals surface area contributed by atoms with E-state index in [2.05, 4.69) is 0 Å². The molecule has 1 aliphatic rings. The Bertz CT molecular complexity index is 1600. The number of para-hydroxylation sites is 1. The third-order valence-corrected chi connectivity index (χ3v) is 7.11. The number of carbonyl (C=O) groups is 2. The Kier molecular flexibility index (Phi) is 4.64. The van der Waals surface area contributed by atoms with Gasteiger partial charge in [0.25, 0.3) is 0 Å². The quantitative estimate of drug-likeness (QED) is 0.236. The third-order valence-electron chi connectivity index (χ3n) is 6.12. The highest BCUT2D eigenvalue weighted by atomic mass is 32.1. The summed E-state index contributed by atoms with van der Waals surface area (Å²) >= 11 is 1.49. The average molecular weight is 462 g/mol. The molecule has 0 amide bonds. The predicted octanol–water partition coefficient (Wildman–Crippen LogP) is 6.23. The molecular weight excluding hydrogens is 442 g/mol. The molecule has 164 valence electrons. The van der Waals surface area contributed by atoms with Gasteiger partial charge in [0, 0.05) is 22.4 Å². The largest absolute Gasteiger partial charge is 0.288 e. The number of rotatable bonds is 3. The molecule has 2 heterocycles. The molecule has 0 fully saturated rings. The number of ketones is 2. The summed E-state index contributed by atoms with van der Waals surface area (Å²) in [7, 11) is 0. The van der Waals surface area contributed by atoms with Crippen molar-refractivity contribution in [3.8, 4) is 16.3 Å². The molecule has 0 saturated carbocycles. The summed E-state index contributed by atoms with van der Waals surface area (Å²) in [6.45, 7) is 3.73. The number of nitrogens with zero attached hydrogens (tertiary/aromatic N) is 3. The molecule has 5 nitrogen and oxygen atoms in total. The van der Waals surface area contributed by atoms with Gasteiger partial charge in [0.1, 0.15) is 10.8 Å². The van der Waals surface area contributed by atoms with Crippen molar-refractivity contribution in [3.05, 3.63) is 106 Å². The van der Waals surface area contributed by atoms with Crippen molar-refractivity contribution in [2.24, 2.45) is 0 Å². The molecule has 3 aromatic carbocycles. The summed E-state index contributed by atoms with van der Waals surface area (Å²) in [5.41, 5.74) is 5.35. The van der Waals surface area contributed by atoms with Gasteiger partial charge in [0.15, 0.2) is 22.0 Å². The topological polar surface area (TPSA) is 64.8 Å². The van der Waals surface area contributed by atoms with E-state index in [4.69, 9.17) is 9.97 Å². The van der Waals surface area contributed by atoms with E-state index in [1.165, 1.54) is 11.3 Å². The number of aryl methyl sites for hydroxylation is 2. The first-order valence-electron chi connectivity index (χ1n) is 10.9. The second kappa shape index (κ2) is 7.71. The zero-order chi connectivity index (χ0) is 23.4. The Morgan fingerprint density at radius 3 is 1.97 bits per heavy atom. The highest BCUT2D eigenvalue weighted by Gasteiger charge is 2.36. The Morgan fingerprint density at radius 1 is 0.765 bits per heavy atom. The summed E-state index contributed by atoms with van der Waals surface area (Å²) in [6.07, 6.45) is 1.62. The second-order valence-electron chi connectivity index (χ2n) is 8.32. The molecule has 5 aromatic rings. The molecular formula is C28H19N3O2S. The lowest BCUT2D eigenvalue weighted by Crippen LogP contribution is -2.04. The van der Waals surface area contributed by atoms with Gasteiger partial charge in [0.05, 0.1) is 5.57 Å². The Balaban J connectivity index is 1.55. The van der Waals surface area contributed by atoms with Crippen LogP contribution in [0.15, 0.2) is 78.4 Å². The summed E-state index contributed by atoms with van der Waals surface area (Å²) in [5.74, 6) is 0.0228. The summed E-state index contributed by atoms with van der Waals surface area (Å²) in [4.78, 5) is 37.0. The monoisotopic (exact) mass is 461 g/mol. The van der Waals surface area contributed by atoms with Crippen LogP contribution in [0.3, 0.4) is 0 Å². The van der Waals surface area contributed by atoms with Gasteiger partial charge >= 0.3 is 0 Å². The number of benzene rings is 3. The fraction of sp³-hybridized carbons (Fsp3) is 0.0714. The van der Waals surface area contributed by atoms with E-state index in [0.717, 1.165) is 32.2 Å². The number of Topliss-reactive ketones (excluding diaryl/α,β-unsaturated/α-hetero) is 2. The standard InChI is InChI=1S/C28H19N3O2S/c1-16-13-14-17(2)23-22(16)24(32)20(25(23)33)15-21-29-28-26(31(21)19-11-7-4-8-12-19)30-27(34-28)18-9-5-3-6-10-18/h3-15H,1-2H3. The smallest absolute Gasteiger partial charge is 0.198 e. The van der Waals surface area contributed by atoms with Crippen molar-refractivity contribution < 1.29 is 9.59 Å². The average Bonchev–Trinajstić information content (AvgIpc) is 3.49. The lowest BCUT2D eigenvalue weighted by molar-refractivity contribution is 0.0990. The zero-order valence-corrected chi connectivity index (χ0v) is 19.4. The van der Waals surface area contributed by atoms with Gasteiger partial charge in [-0.3, -0.25) is 14.2 Å². The lowest BCUT2D eigenvalue weighted by Gasteiger charge is -2.06. The molecule has 34 heavy (non-hydrogen) atoms.